The summed E-state index contributed by atoms with van der Waals surface area (Å²) in [6, 6.07) is 4.28. The number of benzene rings is 1. The number of hydrogen-bond acceptors (Lipinski definition) is 4. The fourth-order valence-electron chi connectivity index (χ4n) is 1.67. The lowest BCUT2D eigenvalue weighted by Gasteiger charge is -2.00. The number of ketones is 1. The minimum Gasteiger partial charge on any atom is -0.330 e. The Kier molecular flexibility index (Phi) is 3.84. The van der Waals surface area contributed by atoms with Gasteiger partial charge in [-0.25, -0.2) is 9.37 Å². The molecule has 2 aromatic rings. The molecule has 0 spiro atoms. The van der Waals surface area contributed by atoms with E-state index in [2.05, 4.69) is 4.98 Å². The number of aromatic nitrogens is 1. The summed E-state index contributed by atoms with van der Waals surface area (Å²) in [4.78, 5) is 16.3. The second-order valence-corrected chi connectivity index (χ2v) is 4.95. The second-order valence-electron chi connectivity index (χ2n) is 4.01. The van der Waals surface area contributed by atoms with Crippen molar-refractivity contribution in [1.29, 1.82) is 0 Å². The molecule has 18 heavy (non-hydrogen) atoms. The summed E-state index contributed by atoms with van der Waals surface area (Å²) in [5, 5.41) is 2.52. The van der Waals surface area contributed by atoms with Gasteiger partial charge in [0.05, 0.1) is 5.01 Å². The Hall–Kier alpha value is -1.59. The van der Waals surface area contributed by atoms with Crippen LogP contribution in [0.15, 0.2) is 23.6 Å². The molecule has 0 bridgehead atoms. The van der Waals surface area contributed by atoms with Crippen molar-refractivity contribution in [2.24, 2.45) is 5.73 Å². The van der Waals surface area contributed by atoms with Crippen LogP contribution in [0.3, 0.4) is 0 Å². The molecule has 0 atom stereocenters. The number of thiazole rings is 1. The number of carbonyl (C=O) groups excluding carboxylic acids is 1. The Labute approximate surface area is 108 Å². The van der Waals surface area contributed by atoms with Gasteiger partial charge in [0.25, 0.3) is 0 Å². The van der Waals surface area contributed by atoms with Gasteiger partial charge in [-0.05, 0) is 37.2 Å². The minimum atomic E-state index is -0.407. The quantitative estimate of drug-likeness (QED) is 0.862. The van der Waals surface area contributed by atoms with Crippen molar-refractivity contribution in [3.05, 3.63) is 51.2 Å². The Morgan fingerprint density at radius 3 is 2.89 bits per heavy atom. The van der Waals surface area contributed by atoms with E-state index in [1.165, 1.54) is 23.5 Å². The first-order valence-corrected chi connectivity index (χ1v) is 6.44. The predicted octanol–water partition coefficient (Wildman–Crippen LogP) is 2.32. The lowest BCUT2D eigenvalue weighted by molar-refractivity contribution is 0.103. The molecule has 0 amide bonds. The smallest absolute Gasteiger partial charge is 0.212 e. The molecule has 0 aliphatic rings. The van der Waals surface area contributed by atoms with Crippen molar-refractivity contribution in [3.8, 4) is 0 Å². The number of nitrogens with two attached hydrogens (primary N) is 1. The van der Waals surface area contributed by atoms with Crippen LogP contribution in [0.25, 0.3) is 0 Å². The molecule has 5 heteroatoms. The van der Waals surface area contributed by atoms with Crippen molar-refractivity contribution in [2.75, 3.05) is 6.54 Å². The number of hydrogen-bond donors (Lipinski definition) is 1. The van der Waals surface area contributed by atoms with Gasteiger partial charge < -0.3 is 5.73 Å². The highest BCUT2D eigenvalue weighted by molar-refractivity contribution is 7.09. The Bertz CT molecular complexity index is 560. The molecule has 0 saturated carbocycles. The van der Waals surface area contributed by atoms with E-state index in [-0.39, 0.29) is 5.78 Å². The molecular weight excluding hydrogens is 251 g/mol. The highest BCUT2D eigenvalue weighted by atomic mass is 32.1. The summed E-state index contributed by atoms with van der Waals surface area (Å²) in [5.74, 6) is -0.659. The molecule has 3 nitrogen and oxygen atoms in total. The lowest BCUT2D eigenvalue weighted by atomic mass is 10.1. The molecule has 94 valence electrons. The van der Waals surface area contributed by atoms with E-state index < -0.39 is 5.82 Å². The molecule has 0 saturated heterocycles. The van der Waals surface area contributed by atoms with E-state index in [9.17, 15) is 9.18 Å². The van der Waals surface area contributed by atoms with Crippen molar-refractivity contribution in [3.63, 3.8) is 0 Å². The molecule has 0 aliphatic heterocycles. The van der Waals surface area contributed by atoms with Gasteiger partial charge in [-0.15, -0.1) is 11.3 Å². The van der Waals surface area contributed by atoms with Crippen molar-refractivity contribution in [2.45, 2.75) is 13.3 Å². The molecule has 2 N–H and O–H groups in total. The molecular formula is C13H13FN2OS. The minimum absolute atomic E-state index is 0.253. The number of aryl methyl sites for hydroxylation is 1. The number of halogens is 1. The maximum atomic E-state index is 13.2. The van der Waals surface area contributed by atoms with Gasteiger partial charge in [-0.2, -0.15) is 0 Å². The van der Waals surface area contributed by atoms with Gasteiger partial charge in [0, 0.05) is 17.4 Å². The van der Waals surface area contributed by atoms with Crippen molar-refractivity contribution < 1.29 is 9.18 Å². The molecule has 1 aromatic carbocycles. The molecule has 0 radical (unpaired) electrons. The molecule has 0 aliphatic carbocycles. The third kappa shape index (κ3) is 2.80. The zero-order valence-corrected chi connectivity index (χ0v) is 10.8. The third-order valence-electron chi connectivity index (χ3n) is 2.45. The number of carbonyl (C=O) groups is 1. The highest BCUT2D eigenvalue weighted by Crippen LogP contribution is 2.16. The van der Waals surface area contributed by atoms with Crippen LogP contribution in [0.2, 0.25) is 0 Å². The maximum Gasteiger partial charge on any atom is 0.212 e. The summed E-state index contributed by atoms with van der Waals surface area (Å²) < 4.78 is 13.2. The zero-order chi connectivity index (χ0) is 13.1. The fourth-order valence-corrected chi connectivity index (χ4v) is 2.46. The van der Waals surface area contributed by atoms with E-state index in [0.717, 1.165) is 10.6 Å². The van der Waals surface area contributed by atoms with Gasteiger partial charge in [-0.3, -0.25) is 4.79 Å². The average Bonchev–Trinajstić information content (AvgIpc) is 2.76. The number of nitrogens with zero attached hydrogens (tertiary/aromatic N) is 1. The predicted molar refractivity (Wildman–Crippen MR) is 69.4 cm³/mol. The van der Waals surface area contributed by atoms with Crippen LogP contribution < -0.4 is 5.73 Å². The zero-order valence-electron chi connectivity index (χ0n) is 9.94. The van der Waals surface area contributed by atoms with Crippen LogP contribution in [-0.4, -0.2) is 17.3 Å². The third-order valence-corrected chi connectivity index (χ3v) is 3.36. The SMILES string of the molecule is Cc1cc(F)cc(C(=O)c2csc(CCN)n2)c1. The van der Waals surface area contributed by atoms with Gasteiger partial charge in [0.1, 0.15) is 11.5 Å². The first kappa shape index (κ1) is 12.9. The highest BCUT2D eigenvalue weighted by Gasteiger charge is 2.14. The maximum absolute atomic E-state index is 13.2. The summed E-state index contributed by atoms with van der Waals surface area (Å²) >= 11 is 1.40. The van der Waals surface area contributed by atoms with Crippen LogP contribution in [0.4, 0.5) is 4.39 Å². The van der Waals surface area contributed by atoms with Crippen LogP contribution in [0, 0.1) is 12.7 Å². The monoisotopic (exact) mass is 264 g/mol. The molecule has 2 rings (SSSR count). The van der Waals surface area contributed by atoms with E-state index >= 15 is 0 Å². The lowest BCUT2D eigenvalue weighted by Crippen LogP contribution is -2.05. The standard InChI is InChI=1S/C13H13FN2OS/c1-8-4-9(6-10(14)5-8)13(17)11-7-18-12(16-11)2-3-15/h4-7H,2-3,15H2,1H3. The fraction of sp³-hybridized carbons (Fsp3) is 0.231. The molecule has 1 heterocycles. The summed E-state index contributed by atoms with van der Waals surface area (Å²) in [6.45, 7) is 2.25. The van der Waals surface area contributed by atoms with E-state index in [0.29, 0.717) is 24.2 Å². The summed E-state index contributed by atoms with van der Waals surface area (Å²) in [7, 11) is 0. The molecule has 0 fully saturated rings. The summed E-state index contributed by atoms with van der Waals surface area (Å²) in [5.41, 5.74) is 6.83. The van der Waals surface area contributed by atoms with E-state index in [1.807, 2.05) is 0 Å². The molecule has 1 aromatic heterocycles. The van der Waals surface area contributed by atoms with Gasteiger partial charge >= 0.3 is 0 Å². The molecule has 0 unspecified atom stereocenters. The van der Waals surface area contributed by atoms with Crippen molar-refractivity contribution >= 4 is 17.1 Å². The average molecular weight is 264 g/mol. The van der Waals surface area contributed by atoms with Crippen molar-refractivity contribution in [1.82, 2.24) is 4.98 Å². The first-order valence-electron chi connectivity index (χ1n) is 5.56. The Morgan fingerprint density at radius 2 is 2.22 bits per heavy atom. The normalized spacial score (nSPS) is 10.6. The van der Waals surface area contributed by atoms with Gasteiger partial charge in [-0.1, -0.05) is 0 Å². The number of rotatable bonds is 4. The summed E-state index contributed by atoms with van der Waals surface area (Å²) in [6.07, 6.45) is 0.653. The van der Waals surface area contributed by atoms with E-state index in [1.54, 1.807) is 18.4 Å². The topological polar surface area (TPSA) is 56.0 Å². The second kappa shape index (κ2) is 5.37. The Morgan fingerprint density at radius 1 is 1.44 bits per heavy atom. The Balaban J connectivity index is 2.29. The van der Waals surface area contributed by atoms with Crippen LogP contribution >= 0.6 is 11.3 Å². The van der Waals surface area contributed by atoms with Crippen LogP contribution in [0.1, 0.15) is 26.6 Å². The van der Waals surface area contributed by atoms with Gasteiger partial charge in [0.15, 0.2) is 0 Å². The van der Waals surface area contributed by atoms with Crippen LogP contribution in [-0.2, 0) is 6.42 Å². The van der Waals surface area contributed by atoms with Crippen LogP contribution in [0.5, 0.6) is 0 Å². The van der Waals surface area contributed by atoms with Gasteiger partial charge in [0.2, 0.25) is 5.78 Å². The first-order chi connectivity index (χ1) is 8.60. The largest absolute Gasteiger partial charge is 0.330 e. The van der Waals surface area contributed by atoms with E-state index in [4.69, 9.17) is 5.73 Å².